The Balaban J connectivity index is 1.58. The molecule has 1 aliphatic heterocycles. The van der Waals surface area contributed by atoms with Crippen LogP contribution >= 0.6 is 11.3 Å². The van der Waals surface area contributed by atoms with E-state index in [1.807, 2.05) is 0 Å². The molecule has 1 unspecified atom stereocenters. The molecule has 1 aromatic rings. The summed E-state index contributed by atoms with van der Waals surface area (Å²) < 4.78 is 5.04. The van der Waals surface area contributed by atoms with Gasteiger partial charge in [0, 0.05) is 32.2 Å². The smallest absolute Gasteiger partial charge is 0.229 e. The molecular weight excluding hydrogens is 366 g/mol. The summed E-state index contributed by atoms with van der Waals surface area (Å²) in [4.78, 5) is 28.9. The van der Waals surface area contributed by atoms with Gasteiger partial charge in [-0.15, -0.1) is 10.2 Å². The number of likely N-dealkylation sites (N-methyl/N-ethyl adjacent to an activating group) is 1. The Kier molecular flexibility index (Phi) is 6.44. The van der Waals surface area contributed by atoms with Crippen LogP contribution in [0, 0.1) is 5.92 Å². The van der Waals surface area contributed by atoms with E-state index in [0.717, 1.165) is 17.8 Å². The summed E-state index contributed by atoms with van der Waals surface area (Å²) >= 11 is 1.33. The monoisotopic (exact) mass is 395 g/mol. The number of rotatable bonds is 7. The van der Waals surface area contributed by atoms with Crippen LogP contribution in [0.4, 0.5) is 5.13 Å². The number of hydrogen-bond acceptors (Lipinski definition) is 7. The number of aromatic nitrogens is 2. The second kappa shape index (κ2) is 8.62. The molecule has 3 rings (SSSR count). The molecule has 2 fully saturated rings. The lowest BCUT2D eigenvalue weighted by atomic mass is 9.80. The third-order valence-electron chi connectivity index (χ3n) is 5.78. The zero-order valence-corrected chi connectivity index (χ0v) is 17.2. The van der Waals surface area contributed by atoms with Crippen LogP contribution in [0.3, 0.4) is 0 Å². The van der Waals surface area contributed by atoms with Crippen LogP contribution in [0.5, 0.6) is 0 Å². The summed E-state index contributed by atoms with van der Waals surface area (Å²) in [5.74, 6) is -0.454. The molecule has 150 valence electrons. The van der Waals surface area contributed by atoms with Crippen molar-refractivity contribution in [2.75, 3.05) is 39.2 Å². The van der Waals surface area contributed by atoms with Crippen molar-refractivity contribution in [1.29, 1.82) is 0 Å². The maximum Gasteiger partial charge on any atom is 0.229 e. The van der Waals surface area contributed by atoms with Crippen LogP contribution in [0.1, 0.15) is 43.5 Å². The average molecular weight is 396 g/mol. The van der Waals surface area contributed by atoms with Crippen molar-refractivity contribution in [3.05, 3.63) is 5.01 Å². The molecule has 2 heterocycles. The molecule has 1 aliphatic carbocycles. The van der Waals surface area contributed by atoms with E-state index in [2.05, 4.69) is 34.5 Å². The van der Waals surface area contributed by atoms with E-state index >= 15 is 0 Å². The summed E-state index contributed by atoms with van der Waals surface area (Å²) in [7, 11) is 5.77. The van der Waals surface area contributed by atoms with Crippen molar-refractivity contribution >= 4 is 28.3 Å². The summed E-state index contributed by atoms with van der Waals surface area (Å²) in [6, 6.07) is 0. The first-order chi connectivity index (χ1) is 12.9. The molecule has 8 nitrogen and oxygen atoms in total. The molecule has 27 heavy (non-hydrogen) atoms. The van der Waals surface area contributed by atoms with Gasteiger partial charge in [0.05, 0.1) is 5.92 Å². The number of nitrogens with one attached hydrogen (secondary N) is 1. The molecule has 0 radical (unpaired) electrons. The van der Waals surface area contributed by atoms with Crippen LogP contribution in [0.25, 0.3) is 0 Å². The van der Waals surface area contributed by atoms with Gasteiger partial charge in [0.15, 0.2) is 0 Å². The SMILES string of the molecule is COCc1nnc(N2CC(C(=O)NCC3(N(C)C)CCCCC3)CC2=O)s1. The van der Waals surface area contributed by atoms with Gasteiger partial charge in [-0.05, 0) is 26.9 Å². The Hall–Kier alpha value is -1.58. The standard InChI is InChI=1S/C18H29N5O3S/c1-22(2)18(7-5-4-6-8-18)12-19-16(25)13-9-15(24)23(10-13)17-21-20-14(27-17)11-26-3/h13H,4-12H2,1-3H3,(H,19,25). The van der Waals surface area contributed by atoms with Gasteiger partial charge in [0.25, 0.3) is 0 Å². The van der Waals surface area contributed by atoms with Gasteiger partial charge in [0.2, 0.25) is 16.9 Å². The van der Waals surface area contributed by atoms with Gasteiger partial charge in [0.1, 0.15) is 11.6 Å². The van der Waals surface area contributed by atoms with E-state index in [9.17, 15) is 9.59 Å². The van der Waals surface area contributed by atoms with Crippen molar-refractivity contribution in [2.45, 2.75) is 50.7 Å². The topological polar surface area (TPSA) is 87.7 Å². The lowest BCUT2D eigenvalue weighted by Crippen LogP contribution is -2.54. The van der Waals surface area contributed by atoms with E-state index in [-0.39, 0.29) is 29.7 Å². The maximum atomic E-state index is 12.7. The van der Waals surface area contributed by atoms with Crippen molar-refractivity contribution in [3.63, 3.8) is 0 Å². The molecule has 2 amide bonds. The fraction of sp³-hybridized carbons (Fsp3) is 0.778. The second-order valence-electron chi connectivity index (χ2n) is 7.71. The normalized spacial score (nSPS) is 22.4. The third kappa shape index (κ3) is 4.47. The number of nitrogens with zero attached hydrogens (tertiary/aromatic N) is 4. The van der Waals surface area contributed by atoms with Crippen LogP contribution in [-0.4, -0.2) is 66.7 Å². The molecule has 1 aromatic heterocycles. The van der Waals surface area contributed by atoms with Crippen molar-refractivity contribution < 1.29 is 14.3 Å². The number of ether oxygens (including phenoxy) is 1. The molecule has 9 heteroatoms. The Labute approximate surface area is 164 Å². The molecule has 0 aromatic carbocycles. The third-order valence-corrected chi connectivity index (χ3v) is 6.70. The number of amides is 2. The second-order valence-corrected chi connectivity index (χ2v) is 8.75. The molecule has 1 saturated carbocycles. The summed E-state index contributed by atoms with van der Waals surface area (Å²) in [5.41, 5.74) is 0.0322. The highest BCUT2D eigenvalue weighted by molar-refractivity contribution is 7.15. The van der Waals surface area contributed by atoms with Crippen molar-refractivity contribution in [2.24, 2.45) is 5.92 Å². The highest BCUT2D eigenvalue weighted by atomic mass is 32.1. The fourth-order valence-corrected chi connectivity index (χ4v) is 4.83. The zero-order valence-electron chi connectivity index (χ0n) is 16.4. The Morgan fingerprint density at radius 2 is 2.07 bits per heavy atom. The van der Waals surface area contributed by atoms with Gasteiger partial charge in [-0.1, -0.05) is 30.6 Å². The first-order valence-electron chi connectivity index (χ1n) is 9.52. The predicted octanol–water partition coefficient (Wildman–Crippen LogP) is 1.42. The fourth-order valence-electron chi connectivity index (χ4n) is 3.99. The van der Waals surface area contributed by atoms with E-state index in [4.69, 9.17) is 4.74 Å². The molecule has 0 spiro atoms. The van der Waals surface area contributed by atoms with E-state index < -0.39 is 0 Å². The summed E-state index contributed by atoms with van der Waals surface area (Å²) in [5, 5.41) is 12.5. The highest BCUT2D eigenvalue weighted by Crippen LogP contribution is 2.32. The molecule has 1 N–H and O–H groups in total. The van der Waals surface area contributed by atoms with Crippen LogP contribution in [0.2, 0.25) is 0 Å². The number of methoxy groups -OCH3 is 1. The average Bonchev–Trinajstić information content (AvgIpc) is 3.27. The highest BCUT2D eigenvalue weighted by Gasteiger charge is 2.39. The molecule has 0 bridgehead atoms. The van der Waals surface area contributed by atoms with Gasteiger partial charge in [-0.3, -0.25) is 14.5 Å². The number of carbonyl (C=O) groups is 2. The largest absolute Gasteiger partial charge is 0.377 e. The Morgan fingerprint density at radius 1 is 1.33 bits per heavy atom. The Morgan fingerprint density at radius 3 is 2.74 bits per heavy atom. The van der Waals surface area contributed by atoms with Gasteiger partial charge < -0.3 is 15.0 Å². The lowest BCUT2D eigenvalue weighted by Gasteiger charge is -2.43. The van der Waals surface area contributed by atoms with Crippen LogP contribution in [-0.2, 0) is 20.9 Å². The van der Waals surface area contributed by atoms with Crippen LogP contribution < -0.4 is 10.2 Å². The quantitative estimate of drug-likeness (QED) is 0.751. The zero-order chi connectivity index (χ0) is 19.4. The first kappa shape index (κ1) is 20.2. The summed E-state index contributed by atoms with van der Waals surface area (Å²) in [6.07, 6.45) is 6.09. The maximum absolute atomic E-state index is 12.7. The number of anilines is 1. The predicted molar refractivity (Wildman–Crippen MR) is 104 cm³/mol. The number of hydrogen-bond donors (Lipinski definition) is 1. The minimum absolute atomic E-state index is 0.0322. The van der Waals surface area contributed by atoms with Crippen molar-refractivity contribution in [3.8, 4) is 0 Å². The Bertz CT molecular complexity index is 672. The molecule has 1 atom stereocenters. The van der Waals surface area contributed by atoms with E-state index in [1.165, 1.54) is 30.6 Å². The van der Waals surface area contributed by atoms with Gasteiger partial charge in [-0.25, -0.2) is 0 Å². The first-order valence-corrected chi connectivity index (χ1v) is 10.3. The van der Waals surface area contributed by atoms with Crippen LogP contribution in [0.15, 0.2) is 0 Å². The molecule has 1 saturated heterocycles. The molecular formula is C18H29N5O3S. The summed E-state index contributed by atoms with van der Waals surface area (Å²) in [6.45, 7) is 1.37. The van der Waals surface area contributed by atoms with Gasteiger partial charge >= 0.3 is 0 Å². The van der Waals surface area contributed by atoms with Crippen molar-refractivity contribution in [1.82, 2.24) is 20.4 Å². The molecule has 2 aliphatic rings. The minimum atomic E-state index is -0.338. The number of carbonyl (C=O) groups excluding carboxylic acids is 2. The minimum Gasteiger partial charge on any atom is -0.377 e. The van der Waals surface area contributed by atoms with E-state index in [0.29, 0.717) is 24.8 Å². The van der Waals surface area contributed by atoms with E-state index in [1.54, 1.807) is 12.0 Å². The van der Waals surface area contributed by atoms with Gasteiger partial charge in [-0.2, -0.15) is 0 Å². The lowest BCUT2D eigenvalue weighted by molar-refractivity contribution is -0.127.